The van der Waals surface area contributed by atoms with Crippen molar-refractivity contribution < 1.29 is 48.6 Å². The summed E-state index contributed by atoms with van der Waals surface area (Å²) in [7, 11) is -13.5. The molecule has 0 unspecified atom stereocenters. The van der Waals surface area contributed by atoms with Gasteiger partial charge in [0.25, 0.3) is 8.40 Å². The number of amides is 8. The normalized spacial score (nSPS) is 11.2. The Labute approximate surface area is 679 Å². The molecule has 589 valence electrons. The number of nitrogens with one attached hydrogen (secondary N) is 4. The summed E-state index contributed by atoms with van der Waals surface area (Å²) in [5.41, 5.74) is 25.5. The van der Waals surface area contributed by atoms with Crippen LogP contribution in [0.15, 0.2) is 315 Å². The van der Waals surface area contributed by atoms with E-state index in [0.29, 0.717) is 22.5 Å². The number of carbonyl (C=O) groups is 4. The molecule has 1 radical (unpaired) electrons. The topological polar surface area (TPSA) is 342 Å². The number of rotatable bonds is 26. The van der Waals surface area contributed by atoms with Crippen molar-refractivity contribution in [2.75, 3.05) is 12.5 Å². The quantitative estimate of drug-likeness (QED) is 0.0138. The molecule has 18 N–H and O–H groups in total. The Bertz CT molecular complexity index is 4590. The van der Waals surface area contributed by atoms with Crippen LogP contribution < -0.4 is 84.4 Å². The third-order valence-electron chi connectivity index (χ3n) is 18.6. The maximum atomic E-state index is 11.5. The Morgan fingerprint density at radius 3 is 0.982 bits per heavy atom. The molecule has 26 heteroatoms. The molecule has 12 rings (SSSR count). The SMILES string of the molecule is CCCCCC[Si](O)(O)CCCCCC.C[Si](NC(N)=O)(NC(N)=O)c1ccccc1.Cl[Si](Cl)(c1ccc(-c2ccccc2)cc1)c1ccc(-c2ccccc2)cc1.NC(=O)N[Si](NC(N)=O)(c1ccccc1)c1ccccc1.OC[Si](CO)c1ccccc1.O[Si](O)(c1cccc2ccccc12)c1cccc2ccccc12. The van der Waals surface area contributed by atoms with E-state index >= 15 is 0 Å². The molecule has 12 aromatic rings. The second-order valence-corrected chi connectivity index (χ2v) is 47.6. The molecule has 0 fully saturated rings. The zero-order valence-corrected chi connectivity index (χ0v) is 71.4. The molecule has 12 aromatic carbocycles. The fraction of sp³-hybridized carbons (Fsp3) is 0.172. The third-order valence-corrected chi connectivity index (χ3v) is 36.6. The van der Waals surface area contributed by atoms with E-state index < -0.39 is 73.5 Å². The summed E-state index contributed by atoms with van der Waals surface area (Å²) in [5, 5.41) is 28.3. The highest BCUT2D eigenvalue weighted by Crippen LogP contribution is 2.25. The van der Waals surface area contributed by atoms with Crippen LogP contribution in [0.25, 0.3) is 43.8 Å². The van der Waals surface area contributed by atoms with Crippen molar-refractivity contribution in [2.45, 2.75) is 83.8 Å². The molecule has 0 aliphatic rings. The van der Waals surface area contributed by atoms with Gasteiger partial charge in [-0.25, -0.2) is 19.2 Å². The molecule has 0 atom stereocenters. The van der Waals surface area contributed by atoms with Gasteiger partial charge in [-0.15, -0.1) is 22.2 Å². The zero-order valence-electron chi connectivity index (χ0n) is 63.9. The van der Waals surface area contributed by atoms with Crippen LogP contribution in [0.2, 0.25) is 18.6 Å². The molecule has 0 aliphatic carbocycles. The number of nitrogens with two attached hydrogens (primary N) is 4. The highest BCUT2D eigenvalue weighted by Gasteiger charge is 2.42. The predicted octanol–water partition coefficient (Wildman–Crippen LogP) is 10.5. The first kappa shape index (κ1) is 90.1. The van der Waals surface area contributed by atoms with Crippen molar-refractivity contribution in [3.05, 3.63) is 315 Å². The molecule has 18 nitrogen and oxygen atoms in total. The van der Waals surface area contributed by atoms with Crippen LogP contribution in [0.4, 0.5) is 19.2 Å². The number of hydrogen-bond acceptors (Lipinski definition) is 10. The van der Waals surface area contributed by atoms with E-state index in [1.165, 1.54) is 36.8 Å². The van der Waals surface area contributed by atoms with Gasteiger partial charge in [0.15, 0.2) is 0 Å². The number of aliphatic hydroxyl groups excluding tert-OH is 2. The van der Waals surface area contributed by atoms with Crippen molar-refractivity contribution >= 4 is 159 Å². The van der Waals surface area contributed by atoms with Crippen molar-refractivity contribution in [3.8, 4) is 22.3 Å². The lowest BCUT2D eigenvalue weighted by atomic mass is 10.1. The van der Waals surface area contributed by atoms with Crippen LogP contribution in [-0.2, 0) is 0 Å². The number of halogens is 2. The minimum atomic E-state index is -3.78. The minimum Gasteiger partial charge on any atom is -0.411 e. The first-order chi connectivity index (χ1) is 54.3. The summed E-state index contributed by atoms with van der Waals surface area (Å²) < 4.78 is 0. The van der Waals surface area contributed by atoms with E-state index in [1.54, 1.807) is 18.7 Å². The second-order valence-electron chi connectivity index (χ2n) is 27.0. The number of hydrogen-bond donors (Lipinski definition) is 14. The minimum absolute atomic E-state index is 0.102. The monoisotopic (exact) mass is 1660 g/mol. The highest BCUT2D eigenvalue weighted by molar-refractivity contribution is 7.56. The number of primary amides is 4. The number of fused-ring (bicyclic) bond motifs is 2. The van der Waals surface area contributed by atoms with E-state index in [4.69, 9.17) is 55.3 Å². The molecule has 0 aliphatic heterocycles. The van der Waals surface area contributed by atoms with Gasteiger partial charge in [-0.2, -0.15) is 0 Å². The van der Waals surface area contributed by atoms with Gasteiger partial charge >= 0.3 is 56.3 Å². The van der Waals surface area contributed by atoms with Gasteiger partial charge in [-0.05, 0) is 88.4 Å². The maximum absolute atomic E-state index is 11.5. The fourth-order valence-corrected chi connectivity index (χ4v) is 26.2. The molecule has 8 amide bonds. The van der Waals surface area contributed by atoms with E-state index in [-0.39, 0.29) is 12.5 Å². The molecule has 0 saturated heterocycles. The number of urea groups is 4. The molecule has 113 heavy (non-hydrogen) atoms. The Kier molecular flexibility index (Phi) is 36.3. The zero-order chi connectivity index (χ0) is 81.7. The van der Waals surface area contributed by atoms with Crippen molar-refractivity contribution in [1.82, 2.24) is 19.9 Å². The molecule has 0 spiro atoms. The highest BCUT2D eigenvalue weighted by atomic mass is 35.7. The first-order valence-corrected chi connectivity index (χ1v) is 52.1. The maximum Gasteiger partial charge on any atom is 0.402 e. The molecule has 0 aromatic heterocycles. The van der Waals surface area contributed by atoms with Gasteiger partial charge in [0.2, 0.25) is 0 Å². The van der Waals surface area contributed by atoms with Crippen LogP contribution in [0.3, 0.4) is 0 Å². The van der Waals surface area contributed by atoms with Crippen molar-refractivity contribution in [1.29, 1.82) is 0 Å². The van der Waals surface area contributed by atoms with Crippen LogP contribution in [0.5, 0.6) is 0 Å². The summed E-state index contributed by atoms with van der Waals surface area (Å²) in [5.74, 6) is 0. The Morgan fingerprint density at radius 2 is 0.646 bits per heavy atom. The van der Waals surface area contributed by atoms with Crippen molar-refractivity contribution in [3.63, 3.8) is 0 Å². The second kappa shape index (κ2) is 45.5. The number of aliphatic hydroxyl groups is 2. The van der Waals surface area contributed by atoms with Gasteiger partial charge in [0.05, 0.1) is 0 Å². The summed E-state index contributed by atoms with van der Waals surface area (Å²) in [6.45, 7) is 3.32. The first-order valence-electron chi connectivity index (χ1n) is 37.5. The van der Waals surface area contributed by atoms with Crippen LogP contribution in [-0.4, -0.2) is 115 Å². The average molecular weight is 1660 g/mol. The Balaban J connectivity index is 0.000000192. The van der Waals surface area contributed by atoms with Crippen LogP contribution >= 0.6 is 22.2 Å². The summed E-state index contributed by atoms with van der Waals surface area (Å²) in [4.78, 5) is 97.3. The molecule has 0 saturated carbocycles. The van der Waals surface area contributed by atoms with Gasteiger partial charge in [0.1, 0.15) is 8.80 Å². The Hall–Kier alpha value is -10.1. The largest absolute Gasteiger partial charge is 0.411 e. The number of benzene rings is 12. The molecule has 0 bridgehead atoms. The predicted molar refractivity (Wildman–Crippen MR) is 478 cm³/mol. The molecular weight excluding hydrogens is 1560 g/mol. The standard InChI is InChI=1S/C24H18Cl2Si.C20H16O2Si.C14H16N4O2Si.C12H28O2Si.C9H14N4O2Si.C8H11O2Si/c25-27(26,23-15-11-21(12-16-23)19-7-3-1-4-8-19)24-17-13-22(14-18-24)20-9-5-2-6-10-20;21-23(22,19-13-5-9-15-7-1-3-11-17(15)19)20-14-6-10-16-8-2-4-12-18(16)20;15-13(19)17-21(18-14(16)20,11-7-3-1-4-8-11)12-9-5-2-6-10-12;1-3-5-7-9-11-15(13,14)12-10-8-6-4-2;1-16(12-8(10)14,13-9(11)15)7-5-3-2-4-6-7;9-6-11(7-10)8-4-2-1-3-5-8/h1-18H;1-14,21-22H;1-10H,(H3,15,17,19)(H3,16,18,20);13-14H,3-12H2,1-2H3;2-6H,1H3,(H3,10,12,14)(H3,11,13,15);1-5,9-10H,6-7H2. The number of carbonyl (C=O) groups excluding carboxylic acids is 4. The third kappa shape index (κ3) is 27.6. The van der Waals surface area contributed by atoms with Gasteiger partial charge in [-0.1, -0.05) is 386 Å². The van der Waals surface area contributed by atoms with Gasteiger partial charge < -0.3 is 72.3 Å². The van der Waals surface area contributed by atoms with E-state index in [1.807, 2.05) is 231 Å². The lowest BCUT2D eigenvalue weighted by molar-refractivity contribution is 0.249. The van der Waals surface area contributed by atoms with Gasteiger partial charge in [0, 0.05) is 22.8 Å². The van der Waals surface area contributed by atoms with Crippen molar-refractivity contribution in [2.24, 2.45) is 22.9 Å². The van der Waals surface area contributed by atoms with Crippen LogP contribution in [0, 0.1) is 0 Å². The summed E-state index contributed by atoms with van der Waals surface area (Å²) >= 11 is 13.8. The van der Waals surface area contributed by atoms with Gasteiger partial charge in [-0.3, -0.25) is 0 Å². The smallest absolute Gasteiger partial charge is 0.402 e. The number of unbranched alkanes of at least 4 members (excludes halogenated alkanes) is 6. The molecule has 0 heterocycles. The van der Waals surface area contributed by atoms with Crippen LogP contribution in [0.1, 0.15) is 65.2 Å². The van der Waals surface area contributed by atoms with E-state index in [2.05, 4.69) is 107 Å². The Morgan fingerprint density at radius 1 is 0.345 bits per heavy atom. The van der Waals surface area contributed by atoms with E-state index in [9.17, 15) is 38.4 Å². The lowest BCUT2D eigenvalue weighted by Gasteiger charge is -2.31. The molecular formula is C87H103Cl2N8O10Si6. The summed E-state index contributed by atoms with van der Waals surface area (Å²) in [6, 6.07) is 99.9. The average Bonchev–Trinajstić information content (AvgIpc) is 0.770. The summed E-state index contributed by atoms with van der Waals surface area (Å²) in [6.07, 6.45) is 9.38. The fourth-order valence-electron chi connectivity index (χ4n) is 12.7. The van der Waals surface area contributed by atoms with E-state index in [0.717, 1.165) is 89.5 Å². The lowest BCUT2D eigenvalue weighted by Crippen LogP contribution is -2.80.